The molecular formula is C19H17N3O3. The van der Waals surface area contributed by atoms with E-state index in [-0.39, 0.29) is 11.9 Å². The molecule has 0 aliphatic rings. The number of benzene rings is 2. The Hall–Kier alpha value is -3.41. The summed E-state index contributed by atoms with van der Waals surface area (Å²) >= 11 is 0. The molecule has 2 aromatic carbocycles. The van der Waals surface area contributed by atoms with Gasteiger partial charge < -0.3 is 10.1 Å². The molecule has 0 saturated heterocycles. The van der Waals surface area contributed by atoms with Crippen LogP contribution in [0.5, 0.6) is 0 Å². The van der Waals surface area contributed by atoms with Crippen LogP contribution in [0.4, 0.5) is 0 Å². The van der Waals surface area contributed by atoms with E-state index in [4.69, 9.17) is 0 Å². The number of amides is 1. The smallest absolute Gasteiger partial charge is 0.337 e. The van der Waals surface area contributed by atoms with Gasteiger partial charge in [0.15, 0.2) is 0 Å². The Morgan fingerprint density at radius 2 is 1.80 bits per heavy atom. The number of rotatable bonds is 5. The first kappa shape index (κ1) is 16.4. The normalized spacial score (nSPS) is 10.3. The number of hydrogen-bond acceptors (Lipinski definition) is 4. The number of methoxy groups -OCH3 is 1. The Labute approximate surface area is 144 Å². The molecule has 3 rings (SSSR count). The topological polar surface area (TPSA) is 84.1 Å². The van der Waals surface area contributed by atoms with Gasteiger partial charge in [-0.25, -0.2) is 4.79 Å². The van der Waals surface area contributed by atoms with Crippen LogP contribution in [0.15, 0.2) is 60.8 Å². The predicted molar refractivity (Wildman–Crippen MR) is 93.0 cm³/mol. The van der Waals surface area contributed by atoms with Crippen molar-refractivity contribution in [3.8, 4) is 11.3 Å². The highest BCUT2D eigenvalue weighted by Crippen LogP contribution is 2.20. The molecule has 1 heterocycles. The van der Waals surface area contributed by atoms with Crippen LogP contribution in [0.3, 0.4) is 0 Å². The van der Waals surface area contributed by atoms with Gasteiger partial charge in [0.25, 0.3) is 5.91 Å². The van der Waals surface area contributed by atoms with Crippen LogP contribution in [0.1, 0.15) is 26.3 Å². The van der Waals surface area contributed by atoms with E-state index in [2.05, 4.69) is 20.3 Å². The first-order chi connectivity index (χ1) is 12.2. The van der Waals surface area contributed by atoms with Crippen LogP contribution < -0.4 is 5.32 Å². The van der Waals surface area contributed by atoms with E-state index in [0.29, 0.717) is 23.4 Å². The van der Waals surface area contributed by atoms with Gasteiger partial charge in [0.2, 0.25) is 0 Å². The summed E-state index contributed by atoms with van der Waals surface area (Å²) in [5, 5.41) is 9.70. The number of carbonyl (C=O) groups is 2. The number of carbonyl (C=O) groups excluding carboxylic acids is 2. The average molecular weight is 335 g/mol. The van der Waals surface area contributed by atoms with Crippen LogP contribution in [0, 0.1) is 0 Å². The molecule has 25 heavy (non-hydrogen) atoms. The van der Waals surface area contributed by atoms with E-state index in [0.717, 1.165) is 11.1 Å². The Morgan fingerprint density at radius 1 is 1.08 bits per heavy atom. The third-order valence-corrected chi connectivity index (χ3v) is 3.77. The van der Waals surface area contributed by atoms with Gasteiger partial charge in [-0.2, -0.15) is 5.10 Å². The maximum absolute atomic E-state index is 12.4. The van der Waals surface area contributed by atoms with Crippen molar-refractivity contribution in [1.29, 1.82) is 0 Å². The van der Waals surface area contributed by atoms with Crippen LogP contribution in [0.2, 0.25) is 0 Å². The van der Waals surface area contributed by atoms with E-state index in [1.807, 2.05) is 30.3 Å². The molecule has 0 unspecified atom stereocenters. The highest BCUT2D eigenvalue weighted by molar-refractivity contribution is 5.99. The van der Waals surface area contributed by atoms with Gasteiger partial charge in [0.05, 0.1) is 30.1 Å². The van der Waals surface area contributed by atoms with Gasteiger partial charge >= 0.3 is 5.97 Å². The Balaban J connectivity index is 1.68. The minimum Gasteiger partial charge on any atom is -0.465 e. The lowest BCUT2D eigenvalue weighted by Gasteiger charge is -2.07. The van der Waals surface area contributed by atoms with Crippen LogP contribution in [0.25, 0.3) is 11.3 Å². The second-order valence-electron chi connectivity index (χ2n) is 5.40. The molecule has 0 radical (unpaired) electrons. The van der Waals surface area contributed by atoms with Gasteiger partial charge in [-0.1, -0.05) is 42.5 Å². The number of hydrogen-bond donors (Lipinski definition) is 2. The fourth-order valence-corrected chi connectivity index (χ4v) is 2.44. The number of H-pyrrole nitrogens is 1. The molecule has 0 aliphatic carbocycles. The summed E-state index contributed by atoms with van der Waals surface area (Å²) in [6.07, 6.45) is 1.51. The molecule has 3 aromatic rings. The fourth-order valence-electron chi connectivity index (χ4n) is 2.44. The second-order valence-corrected chi connectivity index (χ2v) is 5.40. The summed E-state index contributed by atoms with van der Waals surface area (Å²) in [5.74, 6) is -0.605. The van der Waals surface area contributed by atoms with Gasteiger partial charge in [0, 0.05) is 12.1 Å². The van der Waals surface area contributed by atoms with E-state index >= 15 is 0 Å². The molecule has 0 spiro atoms. The van der Waals surface area contributed by atoms with Crippen molar-refractivity contribution in [1.82, 2.24) is 15.5 Å². The summed E-state index contributed by atoms with van der Waals surface area (Å²) in [6.45, 7) is 0.347. The predicted octanol–water partition coefficient (Wildman–Crippen LogP) is 2.79. The molecule has 2 N–H and O–H groups in total. The van der Waals surface area contributed by atoms with Crippen molar-refractivity contribution in [3.63, 3.8) is 0 Å². The second kappa shape index (κ2) is 7.44. The third kappa shape index (κ3) is 3.74. The molecular weight excluding hydrogens is 318 g/mol. The van der Waals surface area contributed by atoms with Gasteiger partial charge in [-0.3, -0.25) is 9.89 Å². The number of nitrogens with one attached hydrogen (secondary N) is 2. The number of ether oxygens (including phenoxy) is 1. The summed E-state index contributed by atoms with van der Waals surface area (Å²) < 4.78 is 4.66. The van der Waals surface area contributed by atoms with E-state index in [1.54, 1.807) is 24.3 Å². The zero-order chi connectivity index (χ0) is 17.6. The number of esters is 1. The first-order valence-corrected chi connectivity index (χ1v) is 7.73. The lowest BCUT2D eigenvalue weighted by molar-refractivity contribution is 0.0600. The van der Waals surface area contributed by atoms with E-state index in [9.17, 15) is 9.59 Å². The van der Waals surface area contributed by atoms with E-state index in [1.165, 1.54) is 13.3 Å². The zero-order valence-electron chi connectivity index (χ0n) is 13.7. The van der Waals surface area contributed by atoms with Crippen LogP contribution >= 0.6 is 0 Å². The molecule has 126 valence electrons. The molecule has 0 fully saturated rings. The van der Waals surface area contributed by atoms with Crippen molar-refractivity contribution >= 4 is 11.9 Å². The molecule has 0 aliphatic heterocycles. The Morgan fingerprint density at radius 3 is 2.48 bits per heavy atom. The van der Waals surface area contributed by atoms with Crippen molar-refractivity contribution < 1.29 is 14.3 Å². The number of aromatic nitrogens is 2. The SMILES string of the molecule is COC(=O)c1ccc(CNC(=O)c2cn[nH]c2-c2ccccc2)cc1. The van der Waals surface area contributed by atoms with Gasteiger partial charge in [-0.05, 0) is 17.7 Å². The van der Waals surface area contributed by atoms with E-state index < -0.39 is 0 Å². The zero-order valence-corrected chi connectivity index (χ0v) is 13.7. The maximum Gasteiger partial charge on any atom is 0.337 e. The lowest BCUT2D eigenvalue weighted by Crippen LogP contribution is -2.23. The molecule has 0 bridgehead atoms. The number of nitrogens with zero attached hydrogens (tertiary/aromatic N) is 1. The Bertz CT molecular complexity index is 870. The summed E-state index contributed by atoms with van der Waals surface area (Å²) in [7, 11) is 1.34. The standard InChI is InChI=1S/C19H17N3O3/c1-25-19(24)15-9-7-13(8-10-15)11-20-18(23)16-12-21-22-17(16)14-5-3-2-4-6-14/h2-10,12H,11H2,1H3,(H,20,23)(H,21,22). The van der Waals surface area contributed by atoms with Gasteiger partial charge in [0.1, 0.15) is 0 Å². The molecule has 6 nitrogen and oxygen atoms in total. The first-order valence-electron chi connectivity index (χ1n) is 7.73. The quantitative estimate of drug-likeness (QED) is 0.702. The lowest BCUT2D eigenvalue weighted by atomic mass is 10.1. The monoisotopic (exact) mass is 335 g/mol. The molecule has 1 amide bonds. The fraction of sp³-hybridized carbons (Fsp3) is 0.105. The maximum atomic E-state index is 12.4. The van der Waals surface area contributed by atoms with Crippen molar-refractivity contribution in [2.75, 3.05) is 7.11 Å². The summed E-state index contributed by atoms with van der Waals surface area (Å²) in [5.41, 5.74) is 3.41. The summed E-state index contributed by atoms with van der Waals surface area (Å²) in [4.78, 5) is 23.9. The third-order valence-electron chi connectivity index (χ3n) is 3.77. The minimum absolute atomic E-state index is 0.218. The minimum atomic E-state index is -0.388. The molecule has 0 saturated carbocycles. The Kier molecular flexibility index (Phi) is 4.89. The van der Waals surface area contributed by atoms with Crippen molar-refractivity contribution in [2.45, 2.75) is 6.54 Å². The van der Waals surface area contributed by atoms with Crippen LogP contribution in [-0.4, -0.2) is 29.2 Å². The summed E-state index contributed by atoms with van der Waals surface area (Å²) in [6, 6.07) is 16.4. The highest BCUT2D eigenvalue weighted by atomic mass is 16.5. The van der Waals surface area contributed by atoms with Gasteiger partial charge in [-0.15, -0.1) is 0 Å². The molecule has 1 aromatic heterocycles. The largest absolute Gasteiger partial charge is 0.465 e. The van der Waals surface area contributed by atoms with Crippen LogP contribution in [-0.2, 0) is 11.3 Å². The molecule has 0 atom stereocenters. The number of aromatic amines is 1. The average Bonchev–Trinajstić information content (AvgIpc) is 3.16. The van der Waals surface area contributed by atoms with Crippen molar-refractivity contribution in [2.24, 2.45) is 0 Å². The van der Waals surface area contributed by atoms with Crippen molar-refractivity contribution in [3.05, 3.63) is 77.5 Å². The highest BCUT2D eigenvalue weighted by Gasteiger charge is 2.15. The molecule has 6 heteroatoms.